The van der Waals surface area contributed by atoms with Gasteiger partial charge >= 0.3 is 0 Å². The highest BCUT2D eigenvalue weighted by Crippen LogP contribution is 2.52. The molecule has 0 amide bonds. The summed E-state index contributed by atoms with van der Waals surface area (Å²) in [6, 6.07) is 11.4. The topological polar surface area (TPSA) is 29.1 Å². The number of hydrogen-bond donors (Lipinski definition) is 1. The second-order valence-corrected chi connectivity index (χ2v) is 5.76. The summed E-state index contributed by atoms with van der Waals surface area (Å²) in [6.07, 6.45) is 3.48. The van der Waals surface area contributed by atoms with E-state index in [9.17, 15) is 4.79 Å². The Morgan fingerprint density at radius 1 is 1.12 bits per heavy atom. The maximum Gasteiger partial charge on any atom is 0.141 e. The Bertz CT molecular complexity index is 455. The molecule has 1 heterocycles. The average molecular weight is 227 g/mol. The molecule has 1 saturated heterocycles. The number of hydrogen-bond acceptors (Lipinski definition) is 2. The van der Waals surface area contributed by atoms with Crippen molar-refractivity contribution in [1.82, 2.24) is 5.32 Å². The minimum absolute atomic E-state index is 0.259. The van der Waals surface area contributed by atoms with E-state index in [1.165, 1.54) is 12.0 Å². The fourth-order valence-electron chi connectivity index (χ4n) is 4.27. The fraction of sp³-hybridized carbons (Fsp3) is 0.533. The van der Waals surface area contributed by atoms with Crippen LogP contribution in [0.3, 0.4) is 0 Å². The lowest BCUT2D eigenvalue weighted by atomic mass is 9.62. The molecule has 88 valence electrons. The molecule has 5 atom stereocenters. The number of carbonyl (C=O) groups is 1. The van der Waals surface area contributed by atoms with E-state index in [1.54, 1.807) is 0 Å². The lowest BCUT2D eigenvalue weighted by molar-refractivity contribution is -0.134. The van der Waals surface area contributed by atoms with Gasteiger partial charge in [0.25, 0.3) is 0 Å². The molecule has 0 aromatic heterocycles. The average Bonchev–Trinajstić information content (AvgIpc) is 2.71. The minimum Gasteiger partial charge on any atom is -0.306 e. The molecule has 2 nitrogen and oxygen atoms in total. The summed E-state index contributed by atoms with van der Waals surface area (Å²) in [7, 11) is 0. The van der Waals surface area contributed by atoms with Gasteiger partial charge in [0, 0.05) is 23.9 Å². The maximum atomic E-state index is 12.4. The van der Waals surface area contributed by atoms with Crippen molar-refractivity contribution in [3.05, 3.63) is 35.9 Å². The van der Waals surface area contributed by atoms with Crippen molar-refractivity contribution < 1.29 is 4.79 Å². The quantitative estimate of drug-likeness (QED) is 0.797. The first kappa shape index (κ1) is 9.84. The van der Waals surface area contributed by atoms with Gasteiger partial charge in [-0.1, -0.05) is 30.3 Å². The van der Waals surface area contributed by atoms with Gasteiger partial charge in [0.1, 0.15) is 5.78 Å². The number of rotatable bonds is 1. The molecule has 5 unspecified atom stereocenters. The first-order chi connectivity index (χ1) is 8.34. The van der Waals surface area contributed by atoms with Crippen molar-refractivity contribution in [2.45, 2.75) is 31.3 Å². The third-order valence-electron chi connectivity index (χ3n) is 5.01. The Kier molecular flexibility index (Phi) is 1.98. The van der Waals surface area contributed by atoms with Gasteiger partial charge in [-0.15, -0.1) is 0 Å². The summed E-state index contributed by atoms with van der Waals surface area (Å²) in [4.78, 5) is 12.4. The first-order valence-corrected chi connectivity index (χ1v) is 6.69. The molecule has 1 aliphatic heterocycles. The Labute approximate surface area is 101 Å². The van der Waals surface area contributed by atoms with E-state index in [-0.39, 0.29) is 12.0 Å². The third-order valence-corrected chi connectivity index (χ3v) is 5.01. The Balaban J connectivity index is 1.74. The summed E-state index contributed by atoms with van der Waals surface area (Å²) in [6.45, 7) is 0. The molecular weight excluding hydrogens is 210 g/mol. The van der Waals surface area contributed by atoms with Crippen LogP contribution in [0.5, 0.6) is 0 Å². The Morgan fingerprint density at radius 3 is 2.76 bits per heavy atom. The molecule has 17 heavy (non-hydrogen) atoms. The molecule has 1 N–H and O–H groups in total. The van der Waals surface area contributed by atoms with Crippen molar-refractivity contribution in [3.63, 3.8) is 0 Å². The van der Waals surface area contributed by atoms with Crippen LogP contribution in [0, 0.1) is 17.8 Å². The van der Waals surface area contributed by atoms with Crippen LogP contribution in [0.2, 0.25) is 0 Å². The predicted octanol–water partition coefficient (Wildman–Crippen LogP) is 2.31. The number of ketones is 1. The first-order valence-electron chi connectivity index (χ1n) is 6.69. The van der Waals surface area contributed by atoms with Crippen LogP contribution in [0.15, 0.2) is 30.3 Å². The zero-order chi connectivity index (χ0) is 11.4. The van der Waals surface area contributed by atoms with Crippen LogP contribution in [-0.2, 0) is 4.79 Å². The van der Waals surface area contributed by atoms with E-state index >= 15 is 0 Å². The summed E-state index contributed by atoms with van der Waals surface area (Å²) >= 11 is 0. The second-order valence-electron chi connectivity index (χ2n) is 5.76. The van der Waals surface area contributed by atoms with Crippen molar-refractivity contribution in [1.29, 1.82) is 0 Å². The lowest BCUT2D eigenvalue weighted by Gasteiger charge is -2.40. The monoisotopic (exact) mass is 227 g/mol. The fourth-order valence-corrected chi connectivity index (χ4v) is 4.27. The van der Waals surface area contributed by atoms with Gasteiger partial charge in [-0.25, -0.2) is 0 Å². The van der Waals surface area contributed by atoms with Gasteiger partial charge in [0.05, 0.1) is 0 Å². The van der Waals surface area contributed by atoms with Crippen LogP contribution < -0.4 is 5.32 Å². The SMILES string of the molecule is O=C1C2CCC3C(C2)NC(c2ccccc2)C13. The molecule has 4 bridgehead atoms. The standard InChI is InChI=1S/C15H17NO/c17-15-10-6-7-11-12(8-10)16-14(13(11)15)9-4-2-1-3-5-9/h1-5,10-14,16H,6-8H2. The number of carbonyl (C=O) groups excluding carboxylic acids is 1. The van der Waals surface area contributed by atoms with E-state index in [0.29, 0.717) is 23.7 Å². The number of fused-ring (bicyclic) bond motifs is 1. The summed E-state index contributed by atoms with van der Waals surface area (Å²) in [5.41, 5.74) is 1.29. The number of nitrogens with one attached hydrogen (secondary N) is 1. The van der Waals surface area contributed by atoms with Gasteiger partial charge < -0.3 is 5.32 Å². The highest BCUT2D eigenvalue weighted by atomic mass is 16.1. The zero-order valence-corrected chi connectivity index (χ0v) is 9.80. The van der Waals surface area contributed by atoms with Crippen molar-refractivity contribution in [2.24, 2.45) is 17.8 Å². The molecule has 1 aromatic rings. The van der Waals surface area contributed by atoms with Crippen LogP contribution in [0.4, 0.5) is 0 Å². The van der Waals surface area contributed by atoms with Crippen molar-refractivity contribution >= 4 is 5.78 Å². The molecule has 4 fully saturated rings. The summed E-state index contributed by atoms with van der Waals surface area (Å²) in [5.74, 6) is 1.76. The molecular formula is C15H17NO. The Hall–Kier alpha value is -1.15. The lowest BCUT2D eigenvalue weighted by Crippen LogP contribution is -2.44. The summed E-state index contributed by atoms with van der Waals surface area (Å²) in [5, 5.41) is 3.71. The largest absolute Gasteiger partial charge is 0.306 e. The van der Waals surface area contributed by atoms with E-state index in [2.05, 4.69) is 29.6 Å². The Morgan fingerprint density at radius 2 is 1.94 bits per heavy atom. The molecule has 5 rings (SSSR count). The number of benzene rings is 1. The van der Waals surface area contributed by atoms with Crippen LogP contribution in [0.1, 0.15) is 30.9 Å². The van der Waals surface area contributed by atoms with Crippen LogP contribution >= 0.6 is 0 Å². The predicted molar refractivity (Wildman–Crippen MR) is 65.4 cm³/mol. The highest BCUT2D eigenvalue weighted by molar-refractivity contribution is 5.87. The van der Waals surface area contributed by atoms with Gasteiger partial charge in [-0.3, -0.25) is 4.79 Å². The minimum atomic E-state index is 0.259. The van der Waals surface area contributed by atoms with E-state index in [0.717, 1.165) is 12.8 Å². The molecule has 0 radical (unpaired) electrons. The number of Topliss-reactive ketones (excluding diaryl/α,β-unsaturated/α-hetero) is 1. The van der Waals surface area contributed by atoms with Crippen LogP contribution in [-0.4, -0.2) is 11.8 Å². The van der Waals surface area contributed by atoms with E-state index in [4.69, 9.17) is 0 Å². The molecule has 4 aliphatic rings. The smallest absolute Gasteiger partial charge is 0.141 e. The van der Waals surface area contributed by atoms with Gasteiger partial charge in [0.2, 0.25) is 0 Å². The van der Waals surface area contributed by atoms with E-state index in [1.807, 2.05) is 6.07 Å². The molecule has 1 aromatic carbocycles. The van der Waals surface area contributed by atoms with Gasteiger partial charge in [-0.05, 0) is 30.7 Å². The van der Waals surface area contributed by atoms with Gasteiger partial charge in [-0.2, -0.15) is 0 Å². The zero-order valence-electron chi connectivity index (χ0n) is 9.80. The molecule has 3 aliphatic carbocycles. The third kappa shape index (κ3) is 1.28. The maximum absolute atomic E-state index is 12.4. The van der Waals surface area contributed by atoms with Crippen LogP contribution in [0.25, 0.3) is 0 Å². The molecule has 3 saturated carbocycles. The molecule has 0 spiro atoms. The normalized spacial score (nSPS) is 43.1. The van der Waals surface area contributed by atoms with Crippen molar-refractivity contribution in [3.8, 4) is 0 Å². The van der Waals surface area contributed by atoms with E-state index < -0.39 is 0 Å². The van der Waals surface area contributed by atoms with Gasteiger partial charge in [0.15, 0.2) is 0 Å². The molecule has 2 heteroatoms. The highest BCUT2D eigenvalue weighted by Gasteiger charge is 2.56. The summed E-state index contributed by atoms with van der Waals surface area (Å²) < 4.78 is 0. The van der Waals surface area contributed by atoms with Crippen molar-refractivity contribution in [2.75, 3.05) is 0 Å². The second kappa shape index (κ2) is 3.42.